The molecule has 1 N–H and O–H groups in total. The molecule has 0 radical (unpaired) electrons. The summed E-state index contributed by atoms with van der Waals surface area (Å²) in [5.41, 5.74) is -1.46. The molecule has 156 valence electrons. The standard InChI is InChI=1S/C18H25F3N4O3/c1-23(2)9-3-8-22-17(26)13-6-10-24(11-7-13)15-5-4-14(18(19,20)21)12-16(15)25(27)28/h4-5,12-13H,3,6-11H2,1-2H3,(H,22,26). The van der Waals surface area contributed by atoms with Crippen molar-refractivity contribution in [3.8, 4) is 0 Å². The number of hydrogen-bond acceptors (Lipinski definition) is 5. The van der Waals surface area contributed by atoms with Crippen LogP contribution in [0.2, 0.25) is 0 Å². The second-order valence-electron chi connectivity index (χ2n) is 7.17. The van der Waals surface area contributed by atoms with Crippen molar-refractivity contribution < 1.29 is 22.9 Å². The first-order valence-corrected chi connectivity index (χ1v) is 9.12. The van der Waals surface area contributed by atoms with Crippen LogP contribution in [0.4, 0.5) is 24.5 Å². The SMILES string of the molecule is CN(C)CCCNC(=O)C1CCN(c2ccc(C(F)(F)F)cc2[N+](=O)[O-])CC1. The first-order chi connectivity index (χ1) is 13.1. The number of carbonyl (C=O) groups excluding carboxylic acids is 1. The highest BCUT2D eigenvalue weighted by molar-refractivity contribution is 5.79. The van der Waals surface area contributed by atoms with Crippen LogP contribution in [0, 0.1) is 16.0 Å². The predicted octanol–water partition coefficient (Wildman–Crippen LogP) is 2.90. The average molecular weight is 402 g/mol. The van der Waals surface area contributed by atoms with E-state index < -0.39 is 22.4 Å². The molecule has 1 heterocycles. The van der Waals surface area contributed by atoms with E-state index in [-0.39, 0.29) is 17.5 Å². The van der Waals surface area contributed by atoms with Crippen molar-refractivity contribution in [2.75, 3.05) is 45.2 Å². The van der Waals surface area contributed by atoms with Crippen molar-refractivity contribution in [1.82, 2.24) is 10.2 Å². The first kappa shape index (κ1) is 21.9. The Hall–Kier alpha value is -2.36. The van der Waals surface area contributed by atoms with Gasteiger partial charge in [0.25, 0.3) is 5.69 Å². The molecular formula is C18H25F3N4O3. The minimum atomic E-state index is -4.64. The molecular weight excluding hydrogens is 377 g/mol. The van der Waals surface area contributed by atoms with Crippen LogP contribution in [-0.2, 0) is 11.0 Å². The number of nitrogens with zero attached hydrogens (tertiary/aromatic N) is 3. The van der Waals surface area contributed by atoms with Gasteiger partial charge in [0.1, 0.15) is 5.69 Å². The Balaban J connectivity index is 1.97. The third-order valence-electron chi connectivity index (χ3n) is 4.79. The van der Waals surface area contributed by atoms with Crippen LogP contribution in [0.5, 0.6) is 0 Å². The number of anilines is 1. The first-order valence-electron chi connectivity index (χ1n) is 9.12. The zero-order valence-electron chi connectivity index (χ0n) is 16.0. The number of piperidine rings is 1. The molecule has 1 amide bonds. The van der Waals surface area contributed by atoms with Crippen molar-refractivity contribution in [1.29, 1.82) is 0 Å². The fraction of sp³-hybridized carbons (Fsp3) is 0.611. The van der Waals surface area contributed by atoms with Crippen LogP contribution in [0.25, 0.3) is 0 Å². The smallest absolute Gasteiger partial charge is 0.366 e. The molecule has 1 aromatic carbocycles. The fourth-order valence-corrected chi connectivity index (χ4v) is 3.25. The summed E-state index contributed by atoms with van der Waals surface area (Å²) in [5.74, 6) is -0.232. The molecule has 1 aliphatic heterocycles. The number of nitro groups is 1. The Labute approximate surface area is 161 Å². The van der Waals surface area contributed by atoms with Gasteiger partial charge in [-0.25, -0.2) is 0 Å². The zero-order valence-corrected chi connectivity index (χ0v) is 16.0. The topological polar surface area (TPSA) is 78.7 Å². The summed E-state index contributed by atoms with van der Waals surface area (Å²) in [5, 5.41) is 14.2. The number of hydrogen-bond donors (Lipinski definition) is 1. The Morgan fingerprint density at radius 3 is 2.50 bits per heavy atom. The highest BCUT2D eigenvalue weighted by Crippen LogP contribution is 2.37. The number of halogens is 3. The number of carbonyl (C=O) groups is 1. The minimum Gasteiger partial charge on any atom is -0.366 e. The molecule has 0 saturated carbocycles. The number of benzene rings is 1. The molecule has 10 heteroatoms. The Morgan fingerprint density at radius 2 is 1.96 bits per heavy atom. The Bertz CT molecular complexity index is 702. The average Bonchev–Trinajstić information content (AvgIpc) is 2.63. The summed E-state index contributed by atoms with van der Waals surface area (Å²) < 4.78 is 38.5. The van der Waals surface area contributed by atoms with E-state index in [1.165, 1.54) is 0 Å². The quantitative estimate of drug-likeness (QED) is 0.431. The van der Waals surface area contributed by atoms with Crippen LogP contribution in [0.15, 0.2) is 18.2 Å². The molecule has 0 spiro atoms. The lowest BCUT2D eigenvalue weighted by Gasteiger charge is -2.32. The lowest BCUT2D eigenvalue weighted by molar-refractivity contribution is -0.384. The van der Waals surface area contributed by atoms with Gasteiger partial charge in [-0.1, -0.05) is 0 Å². The van der Waals surface area contributed by atoms with E-state index in [1.807, 2.05) is 19.0 Å². The molecule has 1 fully saturated rings. The highest BCUT2D eigenvalue weighted by atomic mass is 19.4. The van der Waals surface area contributed by atoms with Gasteiger partial charge in [-0.2, -0.15) is 13.2 Å². The van der Waals surface area contributed by atoms with Crippen molar-refractivity contribution in [2.24, 2.45) is 5.92 Å². The van der Waals surface area contributed by atoms with Crippen LogP contribution in [0.3, 0.4) is 0 Å². The van der Waals surface area contributed by atoms with E-state index in [0.29, 0.717) is 38.5 Å². The lowest BCUT2D eigenvalue weighted by atomic mass is 9.95. The van der Waals surface area contributed by atoms with Crippen LogP contribution in [-0.4, -0.2) is 56.0 Å². The van der Waals surface area contributed by atoms with Crippen molar-refractivity contribution in [2.45, 2.75) is 25.4 Å². The molecule has 1 aliphatic rings. The summed E-state index contributed by atoms with van der Waals surface area (Å²) >= 11 is 0. The van der Waals surface area contributed by atoms with Gasteiger partial charge in [0.2, 0.25) is 5.91 Å². The molecule has 0 bridgehead atoms. The molecule has 7 nitrogen and oxygen atoms in total. The van der Waals surface area contributed by atoms with Gasteiger partial charge in [-0.15, -0.1) is 0 Å². The molecule has 2 rings (SSSR count). The normalized spacial score (nSPS) is 15.7. The number of nitro benzene ring substituents is 1. The van der Waals surface area contributed by atoms with Crippen molar-refractivity contribution in [3.05, 3.63) is 33.9 Å². The zero-order chi connectivity index (χ0) is 20.9. The van der Waals surface area contributed by atoms with Gasteiger partial charge in [-0.05, 0) is 52.0 Å². The Kier molecular flexibility index (Phi) is 7.22. The van der Waals surface area contributed by atoms with Gasteiger partial charge in [0.05, 0.1) is 10.5 Å². The third-order valence-corrected chi connectivity index (χ3v) is 4.79. The minimum absolute atomic E-state index is 0.0414. The predicted molar refractivity (Wildman–Crippen MR) is 99.2 cm³/mol. The summed E-state index contributed by atoms with van der Waals surface area (Å²) in [6, 6.07) is 2.56. The molecule has 28 heavy (non-hydrogen) atoms. The van der Waals surface area contributed by atoms with Gasteiger partial charge < -0.3 is 15.1 Å². The van der Waals surface area contributed by atoms with Crippen LogP contribution in [0.1, 0.15) is 24.8 Å². The molecule has 0 unspecified atom stereocenters. The molecule has 0 aromatic heterocycles. The number of nitrogens with one attached hydrogen (secondary N) is 1. The van der Waals surface area contributed by atoms with Gasteiger partial charge in [0.15, 0.2) is 0 Å². The second kappa shape index (κ2) is 9.22. The van der Waals surface area contributed by atoms with E-state index >= 15 is 0 Å². The van der Waals surface area contributed by atoms with Crippen molar-refractivity contribution in [3.63, 3.8) is 0 Å². The largest absolute Gasteiger partial charge is 0.416 e. The van der Waals surface area contributed by atoms with E-state index in [4.69, 9.17) is 0 Å². The van der Waals surface area contributed by atoms with Crippen LogP contribution < -0.4 is 10.2 Å². The van der Waals surface area contributed by atoms with Crippen molar-refractivity contribution >= 4 is 17.3 Å². The fourth-order valence-electron chi connectivity index (χ4n) is 3.25. The number of alkyl halides is 3. The number of amides is 1. The van der Waals surface area contributed by atoms with Crippen LogP contribution >= 0.6 is 0 Å². The van der Waals surface area contributed by atoms with E-state index in [2.05, 4.69) is 5.32 Å². The van der Waals surface area contributed by atoms with E-state index in [0.717, 1.165) is 25.1 Å². The lowest BCUT2D eigenvalue weighted by Crippen LogP contribution is -2.41. The van der Waals surface area contributed by atoms with Gasteiger partial charge in [0, 0.05) is 31.6 Å². The number of rotatable bonds is 7. The molecule has 0 aliphatic carbocycles. The van der Waals surface area contributed by atoms with Gasteiger partial charge >= 0.3 is 6.18 Å². The molecule has 1 saturated heterocycles. The third kappa shape index (κ3) is 5.82. The summed E-state index contributed by atoms with van der Waals surface area (Å²) in [6.45, 7) is 2.21. The second-order valence-corrected chi connectivity index (χ2v) is 7.17. The van der Waals surface area contributed by atoms with E-state index in [9.17, 15) is 28.1 Å². The summed E-state index contributed by atoms with van der Waals surface area (Å²) in [6.07, 6.45) is -2.80. The maximum Gasteiger partial charge on any atom is 0.416 e. The monoisotopic (exact) mass is 402 g/mol. The maximum atomic E-state index is 12.8. The Morgan fingerprint density at radius 1 is 1.32 bits per heavy atom. The molecule has 0 atom stereocenters. The van der Waals surface area contributed by atoms with Gasteiger partial charge in [-0.3, -0.25) is 14.9 Å². The summed E-state index contributed by atoms with van der Waals surface area (Å²) in [7, 11) is 3.91. The summed E-state index contributed by atoms with van der Waals surface area (Å²) in [4.78, 5) is 26.4. The van der Waals surface area contributed by atoms with E-state index in [1.54, 1.807) is 4.90 Å². The highest BCUT2D eigenvalue weighted by Gasteiger charge is 2.34. The molecule has 1 aromatic rings. The maximum absolute atomic E-state index is 12.8.